The first-order valence-electron chi connectivity index (χ1n) is 7.95. The lowest BCUT2D eigenvalue weighted by Gasteiger charge is -2.18. The molecule has 3 aromatic carbocycles. The zero-order valence-corrected chi connectivity index (χ0v) is 13.0. The summed E-state index contributed by atoms with van der Waals surface area (Å²) in [5.74, 6) is -1.10. The minimum absolute atomic E-state index is 0.0412. The van der Waals surface area contributed by atoms with E-state index in [9.17, 15) is 9.28 Å². The summed E-state index contributed by atoms with van der Waals surface area (Å²) in [5, 5.41) is 0.332. The summed E-state index contributed by atoms with van der Waals surface area (Å²) in [5.41, 5.74) is 4.55. The number of carbonyl (C=O) groups is 1. The van der Waals surface area contributed by atoms with Crippen molar-refractivity contribution >= 4 is 5.91 Å². The van der Waals surface area contributed by atoms with Crippen molar-refractivity contribution in [2.75, 3.05) is 0 Å². The van der Waals surface area contributed by atoms with E-state index in [1.165, 1.54) is 0 Å². The molecule has 1 amide bonds. The number of hydrogen-bond donors (Lipinski definition) is 0. The number of hydrogen-bond acceptors (Lipinski definition) is 1. The van der Waals surface area contributed by atoms with Crippen LogP contribution in [-0.4, -0.2) is 11.0 Å². The molecule has 3 heteroatoms. The monoisotopic (exact) mass is 317 g/mol. The molecule has 1 aliphatic carbocycles. The van der Waals surface area contributed by atoms with Crippen molar-refractivity contribution < 1.29 is 9.28 Å². The van der Waals surface area contributed by atoms with Crippen LogP contribution in [0.3, 0.4) is 0 Å². The van der Waals surface area contributed by atoms with Crippen LogP contribution in [0.1, 0.15) is 22.6 Å². The standard InChI is InChI=1S/C21H16FNO/c22-23(14-15-8-2-1-3-9-15)21(24)20-18-12-6-4-10-16(18)17-11-5-7-13-19(17)20/h1-13,20H,14H2. The first-order chi connectivity index (χ1) is 11.8. The molecular formula is C21H16FNO. The normalized spacial score (nSPS) is 12.5. The van der Waals surface area contributed by atoms with Crippen LogP contribution in [-0.2, 0) is 11.3 Å². The van der Waals surface area contributed by atoms with Gasteiger partial charge in [-0.2, -0.15) is 5.12 Å². The van der Waals surface area contributed by atoms with E-state index in [0.29, 0.717) is 5.12 Å². The maximum absolute atomic E-state index is 14.6. The van der Waals surface area contributed by atoms with E-state index in [2.05, 4.69) is 0 Å². The quantitative estimate of drug-likeness (QED) is 0.641. The second-order valence-electron chi connectivity index (χ2n) is 5.95. The Morgan fingerprint density at radius 1 is 0.792 bits per heavy atom. The first kappa shape index (κ1) is 14.6. The average molecular weight is 317 g/mol. The van der Waals surface area contributed by atoms with Crippen LogP contribution in [0.25, 0.3) is 11.1 Å². The van der Waals surface area contributed by atoms with Crippen molar-refractivity contribution in [3.63, 3.8) is 0 Å². The number of carbonyl (C=O) groups excluding carboxylic acids is 1. The van der Waals surface area contributed by atoms with Gasteiger partial charge in [0.1, 0.15) is 0 Å². The van der Waals surface area contributed by atoms with Gasteiger partial charge in [-0.1, -0.05) is 83.3 Å². The van der Waals surface area contributed by atoms with E-state index < -0.39 is 11.8 Å². The number of benzene rings is 3. The summed E-state index contributed by atoms with van der Waals surface area (Å²) in [7, 11) is 0. The highest BCUT2D eigenvalue weighted by Crippen LogP contribution is 2.45. The van der Waals surface area contributed by atoms with Crippen LogP contribution in [0.15, 0.2) is 78.9 Å². The van der Waals surface area contributed by atoms with Gasteiger partial charge < -0.3 is 0 Å². The van der Waals surface area contributed by atoms with Crippen molar-refractivity contribution in [2.24, 2.45) is 0 Å². The Kier molecular flexibility index (Phi) is 3.62. The Balaban J connectivity index is 1.69. The highest BCUT2D eigenvalue weighted by molar-refractivity contribution is 5.95. The number of halogens is 1. The third-order valence-corrected chi connectivity index (χ3v) is 4.48. The molecule has 0 spiro atoms. The first-order valence-corrected chi connectivity index (χ1v) is 7.95. The molecule has 0 radical (unpaired) electrons. The third kappa shape index (κ3) is 2.38. The van der Waals surface area contributed by atoms with Crippen molar-refractivity contribution in [1.29, 1.82) is 0 Å². The molecule has 4 rings (SSSR count). The van der Waals surface area contributed by atoms with Gasteiger partial charge in [-0.15, -0.1) is 0 Å². The van der Waals surface area contributed by atoms with Gasteiger partial charge in [0.15, 0.2) is 0 Å². The molecule has 2 nitrogen and oxygen atoms in total. The zero-order chi connectivity index (χ0) is 16.5. The van der Waals surface area contributed by atoms with E-state index in [1.54, 1.807) is 0 Å². The van der Waals surface area contributed by atoms with Gasteiger partial charge in [0, 0.05) is 0 Å². The lowest BCUT2D eigenvalue weighted by atomic mass is 9.96. The van der Waals surface area contributed by atoms with E-state index in [0.717, 1.165) is 27.8 Å². The van der Waals surface area contributed by atoms with Crippen LogP contribution in [0.2, 0.25) is 0 Å². The molecule has 0 aliphatic heterocycles. The summed E-state index contributed by atoms with van der Waals surface area (Å²) in [6.07, 6.45) is 0. The zero-order valence-electron chi connectivity index (χ0n) is 13.0. The molecule has 0 fully saturated rings. The van der Waals surface area contributed by atoms with Crippen LogP contribution < -0.4 is 0 Å². The van der Waals surface area contributed by atoms with Gasteiger partial charge in [0.05, 0.1) is 12.5 Å². The Bertz CT molecular complexity index is 846. The van der Waals surface area contributed by atoms with Crippen molar-refractivity contribution in [3.8, 4) is 11.1 Å². The minimum Gasteiger partial charge on any atom is -0.271 e. The maximum Gasteiger partial charge on any atom is 0.262 e. The highest BCUT2D eigenvalue weighted by atomic mass is 19.2. The smallest absolute Gasteiger partial charge is 0.262 e. The molecule has 0 saturated carbocycles. The number of fused-ring (bicyclic) bond motifs is 3. The van der Waals surface area contributed by atoms with Crippen molar-refractivity contribution in [2.45, 2.75) is 12.5 Å². The molecule has 0 bridgehead atoms. The molecule has 0 saturated heterocycles. The Hall–Kier alpha value is -2.94. The molecule has 118 valence electrons. The summed E-state index contributed by atoms with van der Waals surface area (Å²) < 4.78 is 14.6. The van der Waals surface area contributed by atoms with E-state index >= 15 is 0 Å². The molecule has 0 N–H and O–H groups in total. The molecule has 0 unspecified atom stereocenters. The van der Waals surface area contributed by atoms with Gasteiger partial charge in [-0.3, -0.25) is 4.79 Å². The van der Waals surface area contributed by atoms with Crippen LogP contribution in [0.4, 0.5) is 4.48 Å². The second-order valence-corrected chi connectivity index (χ2v) is 5.95. The lowest BCUT2D eigenvalue weighted by molar-refractivity contribution is -0.148. The van der Waals surface area contributed by atoms with E-state index in [-0.39, 0.29) is 6.54 Å². The summed E-state index contributed by atoms with van der Waals surface area (Å²) >= 11 is 0. The molecule has 0 aromatic heterocycles. The fourth-order valence-corrected chi connectivity index (χ4v) is 3.38. The summed E-state index contributed by atoms with van der Waals surface area (Å²) in [6.45, 7) is -0.0412. The topological polar surface area (TPSA) is 20.3 Å². The van der Waals surface area contributed by atoms with Gasteiger partial charge in [-0.05, 0) is 27.8 Å². The fraction of sp³-hybridized carbons (Fsp3) is 0.0952. The predicted octanol–water partition coefficient (Wildman–Crippen LogP) is 4.71. The van der Waals surface area contributed by atoms with E-state index in [4.69, 9.17) is 0 Å². The molecule has 3 aromatic rings. The number of rotatable bonds is 3. The minimum atomic E-state index is -0.578. The molecule has 1 aliphatic rings. The molecule has 24 heavy (non-hydrogen) atoms. The fourth-order valence-electron chi connectivity index (χ4n) is 3.38. The molecule has 0 atom stereocenters. The summed E-state index contributed by atoms with van der Waals surface area (Å²) in [6, 6.07) is 24.7. The number of amides is 1. The van der Waals surface area contributed by atoms with Gasteiger partial charge >= 0.3 is 0 Å². The SMILES string of the molecule is O=C(C1c2ccccc2-c2ccccc21)N(F)Cc1ccccc1. The second kappa shape index (κ2) is 5.93. The lowest BCUT2D eigenvalue weighted by Crippen LogP contribution is -2.28. The Morgan fingerprint density at radius 3 is 1.88 bits per heavy atom. The van der Waals surface area contributed by atoms with Gasteiger partial charge in [0.2, 0.25) is 0 Å². The van der Waals surface area contributed by atoms with Crippen LogP contribution in [0.5, 0.6) is 0 Å². The molecule has 0 heterocycles. The van der Waals surface area contributed by atoms with Gasteiger partial charge in [-0.25, -0.2) is 0 Å². The summed E-state index contributed by atoms with van der Waals surface area (Å²) in [4.78, 5) is 12.8. The van der Waals surface area contributed by atoms with Gasteiger partial charge in [0.25, 0.3) is 5.91 Å². The maximum atomic E-state index is 14.6. The highest BCUT2D eigenvalue weighted by Gasteiger charge is 2.36. The molecular weight excluding hydrogens is 301 g/mol. The van der Waals surface area contributed by atoms with Crippen molar-refractivity contribution in [1.82, 2.24) is 5.12 Å². The third-order valence-electron chi connectivity index (χ3n) is 4.48. The Morgan fingerprint density at radius 2 is 1.29 bits per heavy atom. The predicted molar refractivity (Wildman–Crippen MR) is 91.8 cm³/mol. The largest absolute Gasteiger partial charge is 0.271 e. The number of nitrogens with zero attached hydrogens (tertiary/aromatic N) is 1. The van der Waals surface area contributed by atoms with Crippen LogP contribution >= 0.6 is 0 Å². The van der Waals surface area contributed by atoms with E-state index in [1.807, 2.05) is 78.9 Å². The van der Waals surface area contributed by atoms with Crippen molar-refractivity contribution in [3.05, 3.63) is 95.6 Å². The Labute approximate surface area is 140 Å². The average Bonchev–Trinajstić information content (AvgIpc) is 2.96. The van der Waals surface area contributed by atoms with Crippen LogP contribution in [0, 0.1) is 0 Å².